The van der Waals surface area contributed by atoms with Crippen LogP contribution in [-0.4, -0.2) is 40.0 Å². The Morgan fingerprint density at radius 2 is 1.81 bits per heavy atom. The van der Waals surface area contributed by atoms with Gasteiger partial charge in [0.25, 0.3) is 0 Å². The van der Waals surface area contributed by atoms with E-state index in [1.54, 1.807) is 4.90 Å². The quantitative estimate of drug-likeness (QED) is 0.752. The van der Waals surface area contributed by atoms with Gasteiger partial charge in [-0.15, -0.1) is 0 Å². The largest absolute Gasteiger partial charge is 0.481 e. The number of amides is 1. The lowest BCUT2D eigenvalue weighted by Gasteiger charge is -2.16. The molecular weight excluding hydrogens is 344 g/mol. The Bertz CT molecular complexity index is 933. The van der Waals surface area contributed by atoms with E-state index in [2.05, 4.69) is 4.98 Å². The number of carbonyl (C=O) groups is 2. The Hall–Kier alpha value is -3.15. The number of oxazole rings is 1. The van der Waals surface area contributed by atoms with Gasteiger partial charge in [-0.3, -0.25) is 9.59 Å². The maximum atomic E-state index is 12.6. The van der Waals surface area contributed by atoms with Crippen molar-refractivity contribution in [3.63, 3.8) is 0 Å². The van der Waals surface area contributed by atoms with E-state index in [0.29, 0.717) is 24.4 Å². The molecule has 1 aliphatic rings. The van der Waals surface area contributed by atoms with Crippen LogP contribution in [0.4, 0.5) is 0 Å². The van der Waals surface area contributed by atoms with Crippen LogP contribution in [0, 0.1) is 5.92 Å². The van der Waals surface area contributed by atoms with E-state index in [1.165, 1.54) is 0 Å². The minimum absolute atomic E-state index is 0.0677. The van der Waals surface area contributed by atoms with Crippen LogP contribution in [0.15, 0.2) is 59.0 Å². The lowest BCUT2D eigenvalue weighted by molar-refractivity contribution is -0.141. The zero-order valence-corrected chi connectivity index (χ0v) is 14.7. The van der Waals surface area contributed by atoms with Crippen LogP contribution >= 0.6 is 0 Å². The van der Waals surface area contributed by atoms with Crippen molar-refractivity contribution < 1.29 is 19.1 Å². The molecule has 4 rings (SSSR count). The molecule has 0 aliphatic carbocycles. The molecule has 0 saturated carbocycles. The molecular formula is C21H20N2O4. The Morgan fingerprint density at radius 3 is 2.56 bits per heavy atom. The Morgan fingerprint density at radius 1 is 1.07 bits per heavy atom. The van der Waals surface area contributed by atoms with Crippen LogP contribution in [0.25, 0.3) is 11.1 Å². The summed E-state index contributed by atoms with van der Waals surface area (Å²) in [5.41, 5.74) is 2.44. The number of aryl methyl sites for hydroxylation is 1. The van der Waals surface area contributed by atoms with Gasteiger partial charge in [0.2, 0.25) is 5.91 Å². The molecule has 0 spiro atoms. The number of rotatable bonds is 5. The summed E-state index contributed by atoms with van der Waals surface area (Å²) in [6.07, 6.45) is 0.651. The summed E-state index contributed by atoms with van der Waals surface area (Å²) >= 11 is 0. The zero-order valence-electron chi connectivity index (χ0n) is 14.7. The third-order valence-corrected chi connectivity index (χ3v) is 5.11. The minimum atomic E-state index is -0.863. The van der Waals surface area contributed by atoms with Crippen molar-refractivity contribution in [3.8, 4) is 0 Å². The number of benzene rings is 2. The molecule has 1 saturated heterocycles. The monoisotopic (exact) mass is 364 g/mol. The van der Waals surface area contributed by atoms with Gasteiger partial charge in [-0.25, -0.2) is 4.98 Å². The van der Waals surface area contributed by atoms with Crippen molar-refractivity contribution >= 4 is 23.0 Å². The minimum Gasteiger partial charge on any atom is -0.481 e. The van der Waals surface area contributed by atoms with E-state index < -0.39 is 11.9 Å². The van der Waals surface area contributed by atoms with Gasteiger partial charge in [-0.05, 0) is 17.7 Å². The van der Waals surface area contributed by atoms with Crippen LogP contribution in [-0.2, 0) is 16.0 Å². The van der Waals surface area contributed by atoms with Crippen molar-refractivity contribution in [3.05, 3.63) is 66.1 Å². The maximum Gasteiger partial charge on any atom is 0.308 e. The van der Waals surface area contributed by atoms with Crippen molar-refractivity contribution in [1.82, 2.24) is 9.88 Å². The Labute approximate surface area is 156 Å². The topological polar surface area (TPSA) is 83.6 Å². The Balaban J connectivity index is 1.43. The van der Waals surface area contributed by atoms with E-state index in [9.17, 15) is 14.7 Å². The first-order valence-corrected chi connectivity index (χ1v) is 9.02. The second-order valence-corrected chi connectivity index (χ2v) is 6.84. The first-order valence-electron chi connectivity index (χ1n) is 9.02. The van der Waals surface area contributed by atoms with Gasteiger partial charge in [0.1, 0.15) is 5.52 Å². The van der Waals surface area contributed by atoms with E-state index in [0.717, 1.165) is 11.1 Å². The van der Waals surface area contributed by atoms with E-state index in [1.807, 2.05) is 54.6 Å². The van der Waals surface area contributed by atoms with E-state index in [-0.39, 0.29) is 24.8 Å². The number of hydrogen-bond acceptors (Lipinski definition) is 4. The van der Waals surface area contributed by atoms with E-state index in [4.69, 9.17) is 4.42 Å². The van der Waals surface area contributed by atoms with Gasteiger partial charge in [-0.2, -0.15) is 0 Å². The molecule has 1 N–H and O–H groups in total. The molecule has 2 unspecified atom stereocenters. The molecule has 1 aliphatic heterocycles. The first kappa shape index (κ1) is 17.3. The van der Waals surface area contributed by atoms with Gasteiger partial charge < -0.3 is 14.4 Å². The molecule has 2 atom stereocenters. The highest BCUT2D eigenvalue weighted by atomic mass is 16.4. The standard InChI is InChI=1S/C21H20N2O4/c24-20(11-10-19-22-17-8-4-5-9-18(17)27-19)23-12-15(16(13-23)21(25)26)14-6-2-1-3-7-14/h1-9,15-16H,10-13H2,(H,25,26). The number of nitrogens with zero attached hydrogens (tertiary/aromatic N) is 2. The number of carboxylic acids is 1. The smallest absolute Gasteiger partial charge is 0.308 e. The predicted molar refractivity (Wildman–Crippen MR) is 99.2 cm³/mol. The van der Waals surface area contributed by atoms with Crippen molar-refractivity contribution in [2.45, 2.75) is 18.8 Å². The SMILES string of the molecule is O=C(O)C1CN(C(=O)CCc2nc3ccccc3o2)CC1c1ccccc1. The van der Waals surface area contributed by atoms with Crippen LogP contribution in [0.5, 0.6) is 0 Å². The molecule has 2 aromatic carbocycles. The van der Waals surface area contributed by atoms with Gasteiger partial charge in [-0.1, -0.05) is 42.5 Å². The fraction of sp³-hybridized carbons (Fsp3) is 0.286. The fourth-order valence-electron chi connectivity index (χ4n) is 3.69. The van der Waals surface area contributed by atoms with Gasteiger partial charge >= 0.3 is 5.97 Å². The number of aromatic nitrogens is 1. The van der Waals surface area contributed by atoms with Crippen LogP contribution in [0.1, 0.15) is 23.8 Å². The molecule has 1 fully saturated rings. The molecule has 1 aromatic heterocycles. The molecule has 0 radical (unpaired) electrons. The number of aliphatic carboxylic acids is 1. The lowest BCUT2D eigenvalue weighted by Crippen LogP contribution is -2.30. The fourth-order valence-corrected chi connectivity index (χ4v) is 3.69. The van der Waals surface area contributed by atoms with Crippen LogP contribution < -0.4 is 0 Å². The second kappa shape index (κ2) is 7.23. The number of likely N-dealkylation sites (tertiary alicyclic amines) is 1. The lowest BCUT2D eigenvalue weighted by atomic mass is 9.89. The first-order chi connectivity index (χ1) is 13.1. The predicted octanol–water partition coefficient (Wildman–Crippen LogP) is 3.09. The third kappa shape index (κ3) is 3.56. The summed E-state index contributed by atoms with van der Waals surface area (Å²) in [7, 11) is 0. The summed E-state index contributed by atoms with van der Waals surface area (Å²) in [6, 6.07) is 17.0. The molecule has 2 heterocycles. The average Bonchev–Trinajstić information content (AvgIpc) is 3.31. The highest BCUT2D eigenvalue weighted by molar-refractivity contribution is 5.80. The molecule has 1 amide bonds. The second-order valence-electron chi connectivity index (χ2n) is 6.84. The van der Waals surface area contributed by atoms with Crippen molar-refractivity contribution in [1.29, 1.82) is 0 Å². The van der Waals surface area contributed by atoms with Crippen LogP contribution in [0.2, 0.25) is 0 Å². The number of hydrogen-bond donors (Lipinski definition) is 1. The molecule has 6 nitrogen and oxygen atoms in total. The maximum absolute atomic E-state index is 12.6. The number of carboxylic acid groups (broad SMARTS) is 1. The number of fused-ring (bicyclic) bond motifs is 1. The summed E-state index contributed by atoms with van der Waals surface area (Å²) in [5, 5.41) is 9.57. The molecule has 0 bridgehead atoms. The molecule has 6 heteroatoms. The molecule has 3 aromatic rings. The van der Waals surface area contributed by atoms with Gasteiger partial charge in [0, 0.05) is 31.8 Å². The number of carbonyl (C=O) groups excluding carboxylic acids is 1. The highest BCUT2D eigenvalue weighted by Gasteiger charge is 2.40. The van der Waals surface area contributed by atoms with Gasteiger partial charge in [0.05, 0.1) is 5.92 Å². The van der Waals surface area contributed by atoms with E-state index >= 15 is 0 Å². The summed E-state index contributed by atoms with van der Waals surface area (Å²) in [5.74, 6) is -1.17. The summed E-state index contributed by atoms with van der Waals surface area (Å²) in [4.78, 5) is 30.3. The van der Waals surface area contributed by atoms with Crippen molar-refractivity contribution in [2.75, 3.05) is 13.1 Å². The molecule has 27 heavy (non-hydrogen) atoms. The van der Waals surface area contributed by atoms with Crippen LogP contribution in [0.3, 0.4) is 0 Å². The molecule has 138 valence electrons. The van der Waals surface area contributed by atoms with Crippen molar-refractivity contribution in [2.24, 2.45) is 5.92 Å². The normalized spacial score (nSPS) is 19.5. The average molecular weight is 364 g/mol. The number of para-hydroxylation sites is 2. The summed E-state index contributed by atoms with van der Waals surface area (Å²) in [6.45, 7) is 0.661. The Kier molecular flexibility index (Phi) is 4.62. The highest BCUT2D eigenvalue weighted by Crippen LogP contribution is 2.33. The zero-order chi connectivity index (χ0) is 18.8. The third-order valence-electron chi connectivity index (χ3n) is 5.11. The van der Waals surface area contributed by atoms with Gasteiger partial charge in [0.15, 0.2) is 11.5 Å². The summed E-state index contributed by atoms with van der Waals surface area (Å²) < 4.78 is 5.65.